The number of ether oxygens (including phenoxy) is 1. The molecule has 21 heavy (non-hydrogen) atoms. The Hall–Kier alpha value is -0.910. The smallest absolute Gasteiger partial charge is 0.241 e. The number of nitrogens with zero attached hydrogens (tertiary/aromatic N) is 1. The average Bonchev–Trinajstić information content (AvgIpc) is 3.08. The number of rotatable bonds is 4. The van der Waals surface area contributed by atoms with E-state index < -0.39 is 0 Å². The van der Waals surface area contributed by atoms with Gasteiger partial charge in [-0.05, 0) is 47.6 Å². The summed E-state index contributed by atoms with van der Waals surface area (Å²) in [6.07, 6.45) is 2.99. The predicted octanol–water partition coefficient (Wildman–Crippen LogP) is 2.77. The van der Waals surface area contributed by atoms with Crippen LogP contribution in [0.1, 0.15) is 44.8 Å². The van der Waals surface area contributed by atoms with Crippen LogP contribution in [0.3, 0.4) is 0 Å². The summed E-state index contributed by atoms with van der Waals surface area (Å²) in [5.41, 5.74) is 1.20. The van der Waals surface area contributed by atoms with Gasteiger partial charge in [-0.2, -0.15) is 11.3 Å². The average molecular weight is 308 g/mol. The van der Waals surface area contributed by atoms with Crippen molar-refractivity contribution in [3.63, 3.8) is 0 Å². The molecule has 2 saturated heterocycles. The fraction of sp³-hybridized carbons (Fsp3) is 0.688. The Kier molecular flexibility index (Phi) is 4.62. The zero-order valence-corrected chi connectivity index (χ0v) is 13.6. The lowest BCUT2D eigenvalue weighted by Crippen LogP contribution is -2.44. The third-order valence-corrected chi connectivity index (χ3v) is 4.99. The molecule has 1 N–H and O–H groups in total. The van der Waals surface area contributed by atoms with E-state index >= 15 is 0 Å². The van der Waals surface area contributed by atoms with Crippen LogP contribution in [0.15, 0.2) is 16.8 Å². The summed E-state index contributed by atoms with van der Waals surface area (Å²) in [6.45, 7) is 5.83. The summed E-state index contributed by atoms with van der Waals surface area (Å²) in [5.74, 6) is 0.757. The summed E-state index contributed by atoms with van der Waals surface area (Å²) >= 11 is 1.68. The molecule has 2 aliphatic heterocycles. The van der Waals surface area contributed by atoms with Crippen LogP contribution in [-0.2, 0) is 9.53 Å². The number of carbonyl (C=O) groups excluding carboxylic acids is 1. The van der Waals surface area contributed by atoms with Gasteiger partial charge in [-0.1, -0.05) is 13.8 Å². The van der Waals surface area contributed by atoms with Crippen LogP contribution in [-0.4, -0.2) is 36.1 Å². The first-order chi connectivity index (χ1) is 10.2. The maximum absolute atomic E-state index is 12.9. The van der Waals surface area contributed by atoms with Crippen molar-refractivity contribution in [1.29, 1.82) is 0 Å². The number of amides is 1. The molecule has 0 radical (unpaired) electrons. The number of nitrogens with one attached hydrogen (secondary N) is 1. The molecule has 0 aliphatic carbocycles. The Balaban J connectivity index is 1.83. The number of thiophene rings is 1. The predicted molar refractivity (Wildman–Crippen MR) is 84.1 cm³/mol. The fourth-order valence-corrected chi connectivity index (χ4v) is 3.99. The molecular formula is C16H24N2O2S. The summed E-state index contributed by atoms with van der Waals surface area (Å²) in [6, 6.07) is 2.27. The van der Waals surface area contributed by atoms with Gasteiger partial charge in [0.25, 0.3) is 0 Å². The van der Waals surface area contributed by atoms with E-state index in [1.807, 2.05) is 4.90 Å². The molecule has 116 valence electrons. The molecule has 0 aromatic carbocycles. The van der Waals surface area contributed by atoms with Crippen LogP contribution in [0, 0.1) is 5.92 Å². The summed E-state index contributed by atoms with van der Waals surface area (Å²) in [4.78, 5) is 14.9. The van der Waals surface area contributed by atoms with Crippen molar-refractivity contribution in [2.75, 3.05) is 13.2 Å². The van der Waals surface area contributed by atoms with Crippen LogP contribution in [0.4, 0.5) is 0 Å². The second-order valence-corrected chi connectivity index (χ2v) is 7.20. The van der Waals surface area contributed by atoms with Crippen LogP contribution >= 0.6 is 11.3 Å². The molecule has 4 nitrogen and oxygen atoms in total. The van der Waals surface area contributed by atoms with Crippen molar-refractivity contribution in [2.45, 2.75) is 51.4 Å². The van der Waals surface area contributed by atoms with Crippen molar-refractivity contribution in [1.82, 2.24) is 10.2 Å². The lowest BCUT2D eigenvalue weighted by molar-refractivity contribution is -0.135. The molecule has 3 rings (SSSR count). The second kappa shape index (κ2) is 6.46. The van der Waals surface area contributed by atoms with E-state index in [-0.39, 0.29) is 24.2 Å². The maximum atomic E-state index is 12.9. The molecule has 3 unspecified atom stereocenters. The van der Waals surface area contributed by atoms with E-state index in [0.29, 0.717) is 12.5 Å². The van der Waals surface area contributed by atoms with Crippen molar-refractivity contribution >= 4 is 17.2 Å². The van der Waals surface area contributed by atoms with Gasteiger partial charge in [0, 0.05) is 6.61 Å². The van der Waals surface area contributed by atoms with E-state index in [1.165, 1.54) is 5.56 Å². The van der Waals surface area contributed by atoms with Crippen molar-refractivity contribution < 1.29 is 9.53 Å². The summed E-state index contributed by atoms with van der Waals surface area (Å²) < 4.78 is 5.61. The van der Waals surface area contributed by atoms with Crippen LogP contribution in [0.2, 0.25) is 0 Å². The zero-order chi connectivity index (χ0) is 14.8. The normalized spacial score (nSPS) is 30.3. The standard InChI is InChI=1S/C16H24N2O2S/c1-11(2)8-14-16(19)18(13-4-3-6-20-9-13)15(17-14)12-5-7-21-10-12/h5,7,10-11,13-15,17H,3-4,6,8-9H2,1-2H3. The van der Waals surface area contributed by atoms with Gasteiger partial charge in [0.1, 0.15) is 6.17 Å². The molecule has 5 heteroatoms. The van der Waals surface area contributed by atoms with E-state index in [2.05, 4.69) is 36.0 Å². The lowest BCUT2D eigenvalue weighted by atomic mass is 10.0. The molecule has 1 amide bonds. The Morgan fingerprint density at radius 1 is 1.52 bits per heavy atom. The largest absolute Gasteiger partial charge is 0.379 e. The highest BCUT2D eigenvalue weighted by atomic mass is 32.1. The van der Waals surface area contributed by atoms with Gasteiger partial charge >= 0.3 is 0 Å². The zero-order valence-electron chi connectivity index (χ0n) is 12.7. The number of hydrogen-bond donors (Lipinski definition) is 1. The molecule has 3 atom stereocenters. The van der Waals surface area contributed by atoms with Gasteiger partial charge in [0.15, 0.2) is 0 Å². The Morgan fingerprint density at radius 2 is 2.38 bits per heavy atom. The van der Waals surface area contributed by atoms with Crippen LogP contribution < -0.4 is 5.32 Å². The number of carbonyl (C=O) groups is 1. The molecule has 1 aromatic rings. The number of hydrogen-bond acceptors (Lipinski definition) is 4. The third-order valence-electron chi connectivity index (χ3n) is 4.29. The Bertz CT molecular complexity index is 469. The minimum atomic E-state index is -0.0585. The molecular weight excluding hydrogens is 284 g/mol. The van der Waals surface area contributed by atoms with Gasteiger partial charge in [-0.25, -0.2) is 0 Å². The first-order valence-corrected chi connectivity index (χ1v) is 8.79. The van der Waals surface area contributed by atoms with Crippen LogP contribution in [0.5, 0.6) is 0 Å². The van der Waals surface area contributed by atoms with Gasteiger partial charge < -0.3 is 9.64 Å². The van der Waals surface area contributed by atoms with Gasteiger partial charge in [0.2, 0.25) is 5.91 Å². The van der Waals surface area contributed by atoms with E-state index in [0.717, 1.165) is 25.9 Å². The van der Waals surface area contributed by atoms with E-state index in [4.69, 9.17) is 4.74 Å². The van der Waals surface area contributed by atoms with Crippen molar-refractivity contribution in [3.8, 4) is 0 Å². The molecule has 3 heterocycles. The van der Waals surface area contributed by atoms with Crippen LogP contribution in [0.25, 0.3) is 0 Å². The van der Waals surface area contributed by atoms with E-state index in [9.17, 15) is 4.79 Å². The first kappa shape index (κ1) is 15.0. The quantitative estimate of drug-likeness (QED) is 0.930. The third kappa shape index (κ3) is 3.15. The highest BCUT2D eigenvalue weighted by Crippen LogP contribution is 2.33. The van der Waals surface area contributed by atoms with Gasteiger partial charge in [0.05, 0.1) is 18.7 Å². The minimum absolute atomic E-state index is 0.0131. The van der Waals surface area contributed by atoms with Crippen molar-refractivity contribution in [2.24, 2.45) is 5.92 Å². The lowest BCUT2D eigenvalue weighted by Gasteiger charge is -2.34. The first-order valence-electron chi connectivity index (χ1n) is 7.85. The maximum Gasteiger partial charge on any atom is 0.241 e. The molecule has 0 bridgehead atoms. The molecule has 2 fully saturated rings. The Labute approximate surface area is 130 Å². The summed E-state index contributed by atoms with van der Waals surface area (Å²) in [7, 11) is 0. The van der Waals surface area contributed by atoms with E-state index in [1.54, 1.807) is 11.3 Å². The topological polar surface area (TPSA) is 41.6 Å². The molecule has 0 saturated carbocycles. The second-order valence-electron chi connectivity index (χ2n) is 6.42. The molecule has 2 aliphatic rings. The SMILES string of the molecule is CC(C)CC1NC(c2ccsc2)N(C2CCCOC2)C1=O. The minimum Gasteiger partial charge on any atom is -0.379 e. The fourth-order valence-electron chi connectivity index (χ4n) is 3.31. The highest BCUT2D eigenvalue weighted by molar-refractivity contribution is 7.07. The highest BCUT2D eigenvalue weighted by Gasteiger charge is 2.43. The Morgan fingerprint density at radius 3 is 3.00 bits per heavy atom. The van der Waals surface area contributed by atoms with Gasteiger partial charge in [-0.15, -0.1) is 0 Å². The summed E-state index contributed by atoms with van der Waals surface area (Å²) in [5, 5.41) is 7.76. The van der Waals surface area contributed by atoms with Gasteiger partial charge in [-0.3, -0.25) is 10.1 Å². The molecule has 1 aromatic heterocycles. The monoisotopic (exact) mass is 308 g/mol. The molecule has 0 spiro atoms. The van der Waals surface area contributed by atoms with Crippen molar-refractivity contribution in [3.05, 3.63) is 22.4 Å².